The molecular weight excluding hydrogens is 463 g/mol. The number of halogens is 2. The first kappa shape index (κ1) is 25.3. The van der Waals surface area contributed by atoms with Crippen LogP contribution in [0.4, 0.5) is 4.39 Å². The molecule has 0 saturated heterocycles. The van der Waals surface area contributed by atoms with Gasteiger partial charge in [0.1, 0.15) is 5.82 Å². The highest BCUT2D eigenvalue weighted by Crippen LogP contribution is 2.30. The normalized spacial score (nSPS) is 18.4. The molecule has 1 saturated carbocycles. The first-order chi connectivity index (χ1) is 16.5. The van der Waals surface area contributed by atoms with Crippen molar-refractivity contribution in [2.45, 2.75) is 58.4 Å². The van der Waals surface area contributed by atoms with Crippen LogP contribution in [0.25, 0.3) is 11.3 Å². The molecule has 1 fully saturated rings. The molecule has 0 atom stereocenters. The molecule has 0 unspecified atom stereocenters. The minimum absolute atomic E-state index is 0.220. The van der Waals surface area contributed by atoms with Crippen LogP contribution in [-0.2, 0) is 18.8 Å². The van der Waals surface area contributed by atoms with E-state index in [9.17, 15) is 4.39 Å². The minimum atomic E-state index is -0.220. The van der Waals surface area contributed by atoms with Gasteiger partial charge < -0.3 is 9.88 Å². The molecule has 1 N–H and O–H groups in total. The van der Waals surface area contributed by atoms with Crippen molar-refractivity contribution in [3.63, 3.8) is 0 Å². The molecule has 0 spiro atoms. The first-order valence-electron chi connectivity index (χ1n) is 12.5. The average Bonchev–Trinajstić information content (AvgIpc) is 3.15. The van der Waals surface area contributed by atoms with Crippen molar-refractivity contribution in [1.82, 2.24) is 9.88 Å². The molecule has 3 aromatic rings. The van der Waals surface area contributed by atoms with Gasteiger partial charge in [0.2, 0.25) is 0 Å². The Morgan fingerprint density at radius 3 is 2.56 bits per heavy atom. The summed E-state index contributed by atoms with van der Waals surface area (Å²) in [7, 11) is 0. The fourth-order valence-corrected chi connectivity index (χ4v) is 6.22. The number of aromatic nitrogens is 1. The molecule has 0 aliphatic heterocycles. The zero-order valence-corrected chi connectivity index (χ0v) is 21.9. The molecule has 0 amide bonds. The monoisotopic (exact) mass is 498 g/mol. The van der Waals surface area contributed by atoms with Crippen molar-refractivity contribution in [3.8, 4) is 11.3 Å². The maximum absolute atomic E-state index is 14.1. The standard InChI is InChI=1S/C29H36ClFN2S/c1-21-11-13-23(14-12-21)18-32-19-25-17-29(24-7-4-3-5-8-24)33(22(25)2)15-16-34-20-26-27(30)9-6-10-28(26)31/h3-10,17,21,23,32H,11-16,18-20H2,1-2H3. The van der Waals surface area contributed by atoms with E-state index in [1.807, 2.05) is 0 Å². The van der Waals surface area contributed by atoms with Gasteiger partial charge in [-0.3, -0.25) is 0 Å². The van der Waals surface area contributed by atoms with Crippen molar-refractivity contribution >= 4 is 23.4 Å². The van der Waals surface area contributed by atoms with Crippen LogP contribution < -0.4 is 5.32 Å². The van der Waals surface area contributed by atoms with E-state index >= 15 is 0 Å². The van der Waals surface area contributed by atoms with E-state index in [1.165, 1.54) is 54.3 Å². The maximum atomic E-state index is 14.1. The quantitative estimate of drug-likeness (QED) is 0.284. The third-order valence-electron chi connectivity index (χ3n) is 7.19. The van der Waals surface area contributed by atoms with Gasteiger partial charge in [-0.25, -0.2) is 4.39 Å². The van der Waals surface area contributed by atoms with Gasteiger partial charge in [-0.05, 0) is 67.5 Å². The van der Waals surface area contributed by atoms with Crippen LogP contribution in [0.15, 0.2) is 54.6 Å². The average molecular weight is 499 g/mol. The zero-order valence-electron chi connectivity index (χ0n) is 20.3. The topological polar surface area (TPSA) is 17.0 Å². The molecule has 0 bridgehead atoms. The van der Waals surface area contributed by atoms with Crippen LogP contribution in [0.5, 0.6) is 0 Å². The number of hydrogen-bond donors (Lipinski definition) is 1. The summed E-state index contributed by atoms with van der Waals surface area (Å²) >= 11 is 7.93. The Kier molecular flexibility index (Phi) is 9.16. The molecule has 4 rings (SSSR count). The third-order valence-corrected chi connectivity index (χ3v) is 8.51. The summed E-state index contributed by atoms with van der Waals surface area (Å²) in [6.07, 6.45) is 5.45. The molecular formula is C29H36ClFN2S. The summed E-state index contributed by atoms with van der Waals surface area (Å²) in [4.78, 5) is 0. The van der Waals surface area contributed by atoms with Gasteiger partial charge in [0, 0.05) is 46.6 Å². The van der Waals surface area contributed by atoms with E-state index in [0.29, 0.717) is 16.3 Å². The van der Waals surface area contributed by atoms with Crippen LogP contribution in [0.1, 0.15) is 49.4 Å². The molecule has 0 radical (unpaired) electrons. The highest BCUT2D eigenvalue weighted by atomic mass is 35.5. The van der Waals surface area contributed by atoms with Crippen LogP contribution in [0, 0.1) is 24.6 Å². The highest BCUT2D eigenvalue weighted by molar-refractivity contribution is 7.98. The minimum Gasteiger partial charge on any atom is -0.344 e. The second-order valence-electron chi connectivity index (χ2n) is 9.67. The smallest absolute Gasteiger partial charge is 0.128 e. The highest BCUT2D eigenvalue weighted by Gasteiger charge is 2.18. The number of benzene rings is 2. The predicted octanol–water partition coefficient (Wildman–Crippen LogP) is 8.11. The largest absolute Gasteiger partial charge is 0.344 e. The van der Waals surface area contributed by atoms with Gasteiger partial charge in [-0.15, -0.1) is 0 Å². The molecule has 2 nitrogen and oxygen atoms in total. The molecule has 182 valence electrons. The third kappa shape index (κ3) is 6.47. The fraction of sp³-hybridized carbons (Fsp3) is 0.448. The van der Waals surface area contributed by atoms with Crippen LogP contribution in [0.2, 0.25) is 5.02 Å². The van der Waals surface area contributed by atoms with E-state index in [-0.39, 0.29) is 5.82 Å². The molecule has 1 aromatic heterocycles. The van der Waals surface area contributed by atoms with Gasteiger partial charge in [0.15, 0.2) is 0 Å². The fourth-order valence-electron chi connectivity index (χ4n) is 4.96. The van der Waals surface area contributed by atoms with Crippen LogP contribution >= 0.6 is 23.4 Å². The maximum Gasteiger partial charge on any atom is 0.128 e. The summed E-state index contributed by atoms with van der Waals surface area (Å²) < 4.78 is 16.5. The van der Waals surface area contributed by atoms with Crippen molar-refractivity contribution < 1.29 is 4.39 Å². The van der Waals surface area contributed by atoms with Crippen LogP contribution in [0.3, 0.4) is 0 Å². The van der Waals surface area contributed by atoms with E-state index in [1.54, 1.807) is 23.9 Å². The number of rotatable bonds is 10. The molecule has 34 heavy (non-hydrogen) atoms. The predicted molar refractivity (Wildman–Crippen MR) is 145 cm³/mol. The van der Waals surface area contributed by atoms with Crippen molar-refractivity contribution in [2.24, 2.45) is 11.8 Å². The SMILES string of the molecule is Cc1c(CNCC2CCC(C)CC2)cc(-c2ccccc2)n1CCSCc1c(F)cccc1Cl. The second-order valence-corrected chi connectivity index (χ2v) is 11.2. The Hall–Kier alpha value is -1.75. The Balaban J connectivity index is 1.41. The number of thioether (sulfide) groups is 1. The number of nitrogens with zero attached hydrogens (tertiary/aromatic N) is 1. The van der Waals surface area contributed by atoms with Gasteiger partial charge >= 0.3 is 0 Å². The summed E-state index contributed by atoms with van der Waals surface area (Å²) in [5, 5.41) is 4.26. The lowest BCUT2D eigenvalue weighted by atomic mass is 9.83. The lowest BCUT2D eigenvalue weighted by molar-refractivity contribution is 0.281. The summed E-state index contributed by atoms with van der Waals surface area (Å²) in [6, 6.07) is 17.9. The molecule has 1 aliphatic rings. The van der Waals surface area contributed by atoms with E-state index in [2.05, 4.69) is 60.1 Å². The van der Waals surface area contributed by atoms with Crippen molar-refractivity contribution in [3.05, 3.63) is 82.3 Å². The van der Waals surface area contributed by atoms with Gasteiger partial charge in [0.25, 0.3) is 0 Å². The summed E-state index contributed by atoms with van der Waals surface area (Å²) in [6.45, 7) is 7.50. The Morgan fingerprint density at radius 2 is 1.82 bits per heavy atom. The lowest BCUT2D eigenvalue weighted by Gasteiger charge is -2.26. The summed E-state index contributed by atoms with van der Waals surface area (Å²) in [5.41, 5.74) is 5.77. The van der Waals surface area contributed by atoms with Gasteiger partial charge in [-0.2, -0.15) is 11.8 Å². The number of hydrogen-bond acceptors (Lipinski definition) is 2. The van der Waals surface area contributed by atoms with Crippen LogP contribution in [-0.4, -0.2) is 16.9 Å². The Morgan fingerprint density at radius 1 is 1.06 bits per heavy atom. The van der Waals surface area contributed by atoms with E-state index in [0.717, 1.165) is 37.2 Å². The molecule has 1 aliphatic carbocycles. The zero-order chi connectivity index (χ0) is 23.9. The van der Waals surface area contributed by atoms with Gasteiger partial charge in [-0.1, -0.05) is 67.8 Å². The lowest BCUT2D eigenvalue weighted by Crippen LogP contribution is -2.25. The Labute approximate surface area is 213 Å². The summed E-state index contributed by atoms with van der Waals surface area (Å²) in [5.74, 6) is 2.97. The Bertz CT molecular complexity index is 1040. The van der Waals surface area contributed by atoms with Gasteiger partial charge in [0.05, 0.1) is 0 Å². The molecule has 5 heteroatoms. The molecule has 2 aromatic carbocycles. The van der Waals surface area contributed by atoms with Crippen molar-refractivity contribution in [1.29, 1.82) is 0 Å². The van der Waals surface area contributed by atoms with Crippen molar-refractivity contribution in [2.75, 3.05) is 12.3 Å². The van der Waals surface area contributed by atoms with E-state index in [4.69, 9.17) is 11.6 Å². The second kappa shape index (κ2) is 12.3. The first-order valence-corrected chi connectivity index (χ1v) is 14.0. The molecule has 1 heterocycles. The van der Waals surface area contributed by atoms with E-state index < -0.39 is 0 Å². The number of nitrogens with one attached hydrogen (secondary N) is 1.